The summed E-state index contributed by atoms with van der Waals surface area (Å²) < 4.78 is 5.29. The van der Waals surface area contributed by atoms with E-state index in [-0.39, 0.29) is 5.57 Å². The molecule has 0 saturated heterocycles. The summed E-state index contributed by atoms with van der Waals surface area (Å²) in [4.78, 5) is 12.5. The third-order valence-corrected chi connectivity index (χ3v) is 4.54. The molecule has 2 aromatic carbocycles. The van der Waals surface area contributed by atoms with Crippen molar-refractivity contribution < 1.29 is 9.53 Å². The second-order valence-electron chi connectivity index (χ2n) is 6.34. The first-order chi connectivity index (χ1) is 12.8. The van der Waals surface area contributed by atoms with E-state index in [0.29, 0.717) is 22.1 Å². The number of methoxy groups -OCH3 is 1. The number of halogens is 1. The van der Waals surface area contributed by atoms with Gasteiger partial charge in [0.05, 0.1) is 12.8 Å². The number of amides is 1. The SMILES string of the molecule is COc1cc(Cl)c(C)cc1N/C=C(/C#N)C(=O)Nc1c(C)cc(C)cc1C. The van der Waals surface area contributed by atoms with Crippen molar-refractivity contribution in [2.24, 2.45) is 0 Å². The van der Waals surface area contributed by atoms with Gasteiger partial charge >= 0.3 is 0 Å². The molecule has 0 aliphatic carbocycles. The molecular weight excluding hydrogens is 362 g/mol. The molecule has 0 aliphatic rings. The first-order valence-corrected chi connectivity index (χ1v) is 8.74. The molecule has 0 saturated carbocycles. The predicted molar refractivity (Wildman–Crippen MR) is 109 cm³/mol. The smallest absolute Gasteiger partial charge is 0.267 e. The van der Waals surface area contributed by atoms with E-state index in [1.54, 1.807) is 12.1 Å². The number of benzene rings is 2. The molecule has 0 heterocycles. The normalized spacial score (nSPS) is 10.9. The number of nitriles is 1. The molecule has 140 valence electrons. The lowest BCUT2D eigenvalue weighted by atomic mass is 10.0. The summed E-state index contributed by atoms with van der Waals surface area (Å²) >= 11 is 6.10. The number of carbonyl (C=O) groups is 1. The Labute approximate surface area is 164 Å². The Morgan fingerprint density at radius 1 is 1.11 bits per heavy atom. The number of nitrogens with zero attached hydrogens (tertiary/aromatic N) is 1. The maximum absolute atomic E-state index is 12.5. The number of carbonyl (C=O) groups excluding carboxylic acids is 1. The Morgan fingerprint density at radius 2 is 1.74 bits per heavy atom. The minimum absolute atomic E-state index is 0.0518. The average Bonchev–Trinajstić information content (AvgIpc) is 2.61. The zero-order chi connectivity index (χ0) is 20.1. The lowest BCUT2D eigenvalue weighted by Crippen LogP contribution is -2.16. The van der Waals surface area contributed by atoms with Crippen molar-refractivity contribution in [2.75, 3.05) is 17.7 Å². The van der Waals surface area contributed by atoms with Gasteiger partial charge in [-0.25, -0.2) is 0 Å². The summed E-state index contributed by atoms with van der Waals surface area (Å²) in [6, 6.07) is 9.36. The first kappa shape index (κ1) is 20.3. The van der Waals surface area contributed by atoms with E-state index in [1.807, 2.05) is 45.9 Å². The number of rotatable bonds is 5. The van der Waals surface area contributed by atoms with Crippen LogP contribution in [0.2, 0.25) is 5.02 Å². The molecule has 0 atom stereocenters. The van der Waals surface area contributed by atoms with E-state index in [1.165, 1.54) is 13.3 Å². The van der Waals surface area contributed by atoms with Gasteiger partial charge < -0.3 is 15.4 Å². The molecule has 0 aliphatic heterocycles. The van der Waals surface area contributed by atoms with Crippen LogP contribution in [0, 0.1) is 39.0 Å². The van der Waals surface area contributed by atoms with E-state index in [2.05, 4.69) is 10.6 Å². The van der Waals surface area contributed by atoms with Gasteiger partial charge in [-0.3, -0.25) is 4.79 Å². The topological polar surface area (TPSA) is 74.1 Å². The Balaban J connectivity index is 2.26. The van der Waals surface area contributed by atoms with E-state index in [0.717, 1.165) is 22.3 Å². The summed E-state index contributed by atoms with van der Waals surface area (Å²) in [5, 5.41) is 15.7. The molecule has 1 amide bonds. The third-order valence-electron chi connectivity index (χ3n) is 4.13. The maximum atomic E-state index is 12.5. The van der Waals surface area contributed by atoms with Crippen molar-refractivity contribution in [1.29, 1.82) is 5.26 Å². The van der Waals surface area contributed by atoms with Gasteiger partial charge in [0, 0.05) is 23.0 Å². The van der Waals surface area contributed by atoms with Crippen molar-refractivity contribution in [3.8, 4) is 11.8 Å². The van der Waals surface area contributed by atoms with Crippen LogP contribution in [0.5, 0.6) is 5.75 Å². The molecule has 0 spiro atoms. The highest BCUT2D eigenvalue weighted by molar-refractivity contribution is 6.31. The predicted octanol–water partition coefficient (Wildman–Crippen LogP) is 5.04. The van der Waals surface area contributed by atoms with Crippen LogP contribution >= 0.6 is 11.6 Å². The average molecular weight is 384 g/mol. The fraction of sp³-hybridized carbons (Fsp3) is 0.238. The molecule has 6 heteroatoms. The zero-order valence-corrected chi connectivity index (χ0v) is 16.8. The summed E-state index contributed by atoms with van der Waals surface area (Å²) in [6.45, 7) is 7.70. The van der Waals surface area contributed by atoms with Crippen LogP contribution in [0.4, 0.5) is 11.4 Å². The van der Waals surface area contributed by atoms with Crippen LogP contribution in [0.1, 0.15) is 22.3 Å². The monoisotopic (exact) mass is 383 g/mol. The van der Waals surface area contributed by atoms with Gasteiger partial charge in [-0.05, 0) is 50.5 Å². The second kappa shape index (κ2) is 8.61. The van der Waals surface area contributed by atoms with Gasteiger partial charge in [-0.1, -0.05) is 29.3 Å². The van der Waals surface area contributed by atoms with Crippen LogP contribution in [0.25, 0.3) is 0 Å². The van der Waals surface area contributed by atoms with Gasteiger partial charge in [0.1, 0.15) is 17.4 Å². The standard InChI is InChI=1S/C21H22ClN3O2/c1-12-6-14(3)20(15(4)7-12)25-21(26)16(10-23)11-24-18-8-13(2)17(22)9-19(18)27-5/h6-9,11,24H,1-5H3,(H,25,26)/b16-11-. The molecule has 0 bridgehead atoms. The van der Waals surface area contributed by atoms with Gasteiger partial charge in [0.25, 0.3) is 5.91 Å². The number of hydrogen-bond acceptors (Lipinski definition) is 4. The molecule has 0 unspecified atom stereocenters. The van der Waals surface area contributed by atoms with Crippen molar-refractivity contribution in [2.45, 2.75) is 27.7 Å². The summed E-state index contributed by atoms with van der Waals surface area (Å²) in [6.07, 6.45) is 1.36. The first-order valence-electron chi connectivity index (χ1n) is 8.37. The van der Waals surface area contributed by atoms with Crippen molar-refractivity contribution >= 4 is 28.9 Å². The number of anilines is 2. The minimum Gasteiger partial charge on any atom is -0.495 e. The van der Waals surface area contributed by atoms with Crippen LogP contribution in [-0.4, -0.2) is 13.0 Å². The summed E-state index contributed by atoms with van der Waals surface area (Å²) in [5.74, 6) is 0.0366. The maximum Gasteiger partial charge on any atom is 0.267 e. The molecule has 27 heavy (non-hydrogen) atoms. The lowest BCUT2D eigenvalue weighted by Gasteiger charge is -2.13. The van der Waals surface area contributed by atoms with E-state index in [4.69, 9.17) is 16.3 Å². The van der Waals surface area contributed by atoms with Crippen molar-refractivity contribution in [3.63, 3.8) is 0 Å². The number of aryl methyl sites for hydroxylation is 4. The lowest BCUT2D eigenvalue weighted by molar-refractivity contribution is -0.112. The fourth-order valence-electron chi connectivity index (χ4n) is 2.80. The molecule has 2 aromatic rings. The number of hydrogen-bond donors (Lipinski definition) is 2. The molecule has 0 radical (unpaired) electrons. The molecular formula is C21H22ClN3O2. The minimum atomic E-state index is -0.482. The Hall–Kier alpha value is -2.97. The van der Waals surface area contributed by atoms with Crippen LogP contribution in [0.15, 0.2) is 36.0 Å². The highest BCUT2D eigenvalue weighted by Crippen LogP contribution is 2.31. The Morgan fingerprint density at radius 3 is 2.30 bits per heavy atom. The molecule has 5 nitrogen and oxygen atoms in total. The Bertz CT molecular complexity index is 936. The highest BCUT2D eigenvalue weighted by atomic mass is 35.5. The largest absolute Gasteiger partial charge is 0.495 e. The molecule has 0 fully saturated rings. The Kier molecular flexibility index (Phi) is 6.49. The zero-order valence-electron chi connectivity index (χ0n) is 16.0. The number of ether oxygens (including phenoxy) is 1. The van der Waals surface area contributed by atoms with Crippen molar-refractivity contribution in [1.82, 2.24) is 0 Å². The quantitative estimate of drug-likeness (QED) is 0.560. The fourth-order valence-corrected chi connectivity index (χ4v) is 2.96. The molecule has 2 N–H and O–H groups in total. The summed E-state index contributed by atoms with van der Waals surface area (Å²) in [7, 11) is 1.52. The highest BCUT2D eigenvalue weighted by Gasteiger charge is 2.13. The van der Waals surface area contributed by atoms with E-state index >= 15 is 0 Å². The molecule has 2 rings (SSSR count). The van der Waals surface area contributed by atoms with Gasteiger partial charge in [0.15, 0.2) is 0 Å². The summed E-state index contributed by atoms with van der Waals surface area (Å²) in [5.41, 5.74) is 5.13. The second-order valence-corrected chi connectivity index (χ2v) is 6.75. The van der Waals surface area contributed by atoms with Gasteiger partial charge in [-0.2, -0.15) is 5.26 Å². The van der Waals surface area contributed by atoms with Crippen LogP contribution in [0.3, 0.4) is 0 Å². The van der Waals surface area contributed by atoms with Crippen LogP contribution < -0.4 is 15.4 Å². The number of nitrogens with one attached hydrogen (secondary N) is 2. The van der Waals surface area contributed by atoms with Crippen LogP contribution in [-0.2, 0) is 4.79 Å². The van der Waals surface area contributed by atoms with E-state index in [9.17, 15) is 10.1 Å². The van der Waals surface area contributed by atoms with Gasteiger partial charge in [0.2, 0.25) is 0 Å². The third kappa shape index (κ3) is 4.81. The van der Waals surface area contributed by atoms with E-state index < -0.39 is 5.91 Å². The van der Waals surface area contributed by atoms with Crippen molar-refractivity contribution in [3.05, 3.63) is 63.3 Å². The molecule has 0 aromatic heterocycles. The van der Waals surface area contributed by atoms with Gasteiger partial charge in [-0.15, -0.1) is 0 Å².